The van der Waals surface area contributed by atoms with E-state index in [2.05, 4.69) is 29.6 Å². The van der Waals surface area contributed by atoms with Crippen molar-refractivity contribution in [1.82, 2.24) is 5.32 Å². The SMILES string of the molecule is CCCC(C)(NC(=O)OCC1c2ccccc2-c2ccccc21)C(=O)OC. The Bertz CT molecular complexity index is 802. The summed E-state index contributed by atoms with van der Waals surface area (Å²) in [6, 6.07) is 16.3. The van der Waals surface area contributed by atoms with Crippen LogP contribution in [0.25, 0.3) is 11.1 Å². The average molecular weight is 367 g/mol. The van der Waals surface area contributed by atoms with Crippen LogP contribution in [0.15, 0.2) is 48.5 Å². The van der Waals surface area contributed by atoms with Gasteiger partial charge in [-0.25, -0.2) is 9.59 Å². The molecule has 1 aliphatic rings. The van der Waals surface area contributed by atoms with Crippen molar-refractivity contribution in [2.45, 2.75) is 38.1 Å². The van der Waals surface area contributed by atoms with Crippen molar-refractivity contribution in [2.75, 3.05) is 13.7 Å². The number of amides is 1. The Labute approximate surface area is 159 Å². The van der Waals surface area contributed by atoms with Crippen LogP contribution in [0.2, 0.25) is 0 Å². The summed E-state index contributed by atoms with van der Waals surface area (Å²) in [5, 5.41) is 2.68. The fraction of sp³-hybridized carbons (Fsp3) is 0.364. The number of benzene rings is 2. The van der Waals surface area contributed by atoms with Gasteiger partial charge in [-0.15, -0.1) is 0 Å². The summed E-state index contributed by atoms with van der Waals surface area (Å²) >= 11 is 0. The molecule has 1 aliphatic carbocycles. The third-order valence-electron chi connectivity index (χ3n) is 5.11. The van der Waals surface area contributed by atoms with Gasteiger partial charge in [0.25, 0.3) is 0 Å². The molecule has 142 valence electrons. The van der Waals surface area contributed by atoms with Gasteiger partial charge in [0.2, 0.25) is 0 Å². The molecule has 0 saturated carbocycles. The third-order valence-corrected chi connectivity index (χ3v) is 5.11. The number of methoxy groups -OCH3 is 1. The lowest BCUT2D eigenvalue weighted by atomic mass is 9.96. The molecule has 2 aromatic carbocycles. The highest BCUT2D eigenvalue weighted by molar-refractivity contribution is 5.85. The monoisotopic (exact) mass is 367 g/mol. The molecule has 2 aromatic rings. The van der Waals surface area contributed by atoms with Gasteiger partial charge in [0.1, 0.15) is 12.1 Å². The van der Waals surface area contributed by atoms with Gasteiger partial charge in [-0.05, 0) is 35.6 Å². The third kappa shape index (κ3) is 3.68. The number of carbonyl (C=O) groups excluding carboxylic acids is 2. The van der Waals surface area contributed by atoms with Crippen molar-refractivity contribution >= 4 is 12.1 Å². The van der Waals surface area contributed by atoms with Crippen molar-refractivity contribution in [3.8, 4) is 11.1 Å². The number of hydrogen-bond donors (Lipinski definition) is 1. The minimum atomic E-state index is -1.09. The van der Waals surface area contributed by atoms with Gasteiger partial charge >= 0.3 is 12.1 Å². The summed E-state index contributed by atoms with van der Waals surface area (Å²) in [4.78, 5) is 24.4. The molecule has 0 fully saturated rings. The molecule has 0 aliphatic heterocycles. The highest BCUT2D eigenvalue weighted by Gasteiger charge is 2.36. The van der Waals surface area contributed by atoms with E-state index in [4.69, 9.17) is 9.47 Å². The lowest BCUT2D eigenvalue weighted by molar-refractivity contribution is -0.148. The first-order valence-corrected chi connectivity index (χ1v) is 9.21. The van der Waals surface area contributed by atoms with E-state index in [1.54, 1.807) is 6.92 Å². The molecule has 27 heavy (non-hydrogen) atoms. The molecule has 5 nitrogen and oxygen atoms in total. The highest BCUT2D eigenvalue weighted by atomic mass is 16.6. The second kappa shape index (κ2) is 7.82. The molecular weight excluding hydrogens is 342 g/mol. The number of alkyl carbamates (subject to hydrolysis) is 1. The molecule has 1 N–H and O–H groups in total. The quantitative estimate of drug-likeness (QED) is 0.775. The van der Waals surface area contributed by atoms with Gasteiger partial charge in [-0.2, -0.15) is 0 Å². The molecule has 3 rings (SSSR count). The molecule has 1 amide bonds. The summed E-state index contributed by atoms with van der Waals surface area (Å²) in [5.74, 6) is -0.489. The molecule has 0 heterocycles. The van der Waals surface area contributed by atoms with Gasteiger partial charge < -0.3 is 14.8 Å². The van der Waals surface area contributed by atoms with Crippen molar-refractivity contribution in [3.63, 3.8) is 0 Å². The first kappa shape index (κ1) is 19.0. The van der Waals surface area contributed by atoms with Crippen molar-refractivity contribution < 1.29 is 19.1 Å². The maximum Gasteiger partial charge on any atom is 0.408 e. The van der Waals surface area contributed by atoms with Gasteiger partial charge in [-0.1, -0.05) is 61.9 Å². The van der Waals surface area contributed by atoms with Gasteiger partial charge in [-0.3, -0.25) is 0 Å². The van der Waals surface area contributed by atoms with E-state index in [9.17, 15) is 9.59 Å². The Hall–Kier alpha value is -2.82. The van der Waals surface area contributed by atoms with Crippen LogP contribution in [-0.4, -0.2) is 31.3 Å². The smallest absolute Gasteiger partial charge is 0.408 e. The van der Waals surface area contributed by atoms with E-state index in [-0.39, 0.29) is 12.5 Å². The van der Waals surface area contributed by atoms with Crippen LogP contribution in [-0.2, 0) is 14.3 Å². The molecule has 5 heteroatoms. The summed E-state index contributed by atoms with van der Waals surface area (Å²) in [7, 11) is 1.32. The lowest BCUT2D eigenvalue weighted by Crippen LogP contribution is -2.53. The Morgan fingerprint density at radius 3 is 2.11 bits per heavy atom. The topological polar surface area (TPSA) is 64.6 Å². The predicted molar refractivity (Wildman–Crippen MR) is 104 cm³/mol. The van der Waals surface area contributed by atoms with Gasteiger partial charge in [0.15, 0.2) is 0 Å². The first-order chi connectivity index (χ1) is 13.0. The largest absolute Gasteiger partial charge is 0.467 e. The highest BCUT2D eigenvalue weighted by Crippen LogP contribution is 2.44. The minimum absolute atomic E-state index is 0.0151. The van der Waals surface area contributed by atoms with E-state index in [0.717, 1.165) is 17.5 Å². The zero-order chi connectivity index (χ0) is 19.4. The molecule has 0 radical (unpaired) electrons. The fourth-order valence-electron chi connectivity index (χ4n) is 3.80. The van der Waals surface area contributed by atoms with E-state index >= 15 is 0 Å². The molecular formula is C22H25NO4. The van der Waals surface area contributed by atoms with Crippen LogP contribution in [0.5, 0.6) is 0 Å². The van der Waals surface area contributed by atoms with Crippen LogP contribution in [0.3, 0.4) is 0 Å². The molecule has 0 spiro atoms. The average Bonchev–Trinajstić information content (AvgIpc) is 3.00. The number of ether oxygens (including phenoxy) is 2. The Kier molecular flexibility index (Phi) is 5.49. The molecule has 1 unspecified atom stereocenters. The maximum absolute atomic E-state index is 12.4. The number of carbonyl (C=O) groups is 2. The van der Waals surface area contributed by atoms with E-state index in [1.807, 2.05) is 31.2 Å². The van der Waals surface area contributed by atoms with Crippen molar-refractivity contribution in [2.24, 2.45) is 0 Å². The zero-order valence-electron chi connectivity index (χ0n) is 16.0. The normalized spacial score (nSPS) is 14.6. The molecule has 0 saturated heterocycles. The van der Waals surface area contributed by atoms with Crippen LogP contribution < -0.4 is 5.32 Å². The second-order valence-electron chi connectivity index (χ2n) is 7.02. The maximum atomic E-state index is 12.4. The predicted octanol–water partition coefficient (Wildman–Crippen LogP) is 4.26. The zero-order valence-corrected chi connectivity index (χ0v) is 16.0. The first-order valence-electron chi connectivity index (χ1n) is 9.21. The summed E-state index contributed by atoms with van der Waals surface area (Å²) in [5.41, 5.74) is 3.55. The number of nitrogens with one attached hydrogen (secondary N) is 1. The Morgan fingerprint density at radius 1 is 1.04 bits per heavy atom. The van der Waals surface area contributed by atoms with E-state index in [1.165, 1.54) is 18.2 Å². The Morgan fingerprint density at radius 2 is 1.59 bits per heavy atom. The van der Waals surface area contributed by atoms with E-state index < -0.39 is 17.6 Å². The molecule has 1 atom stereocenters. The van der Waals surface area contributed by atoms with Gasteiger partial charge in [0, 0.05) is 5.92 Å². The Balaban J connectivity index is 1.73. The lowest BCUT2D eigenvalue weighted by Gasteiger charge is -2.27. The van der Waals surface area contributed by atoms with Crippen LogP contribution in [0, 0.1) is 0 Å². The molecule has 0 bridgehead atoms. The minimum Gasteiger partial charge on any atom is -0.467 e. The fourth-order valence-corrected chi connectivity index (χ4v) is 3.80. The number of esters is 1. The molecule has 0 aromatic heterocycles. The summed E-state index contributed by atoms with van der Waals surface area (Å²) < 4.78 is 10.3. The van der Waals surface area contributed by atoms with Crippen LogP contribution >= 0.6 is 0 Å². The summed E-state index contributed by atoms with van der Waals surface area (Å²) in [6.45, 7) is 3.81. The van der Waals surface area contributed by atoms with Crippen molar-refractivity contribution in [3.05, 3.63) is 59.7 Å². The number of hydrogen-bond acceptors (Lipinski definition) is 4. The van der Waals surface area contributed by atoms with Crippen molar-refractivity contribution in [1.29, 1.82) is 0 Å². The van der Waals surface area contributed by atoms with Gasteiger partial charge in [0.05, 0.1) is 7.11 Å². The van der Waals surface area contributed by atoms with Crippen LogP contribution in [0.4, 0.5) is 4.79 Å². The summed E-state index contributed by atoms with van der Waals surface area (Å²) in [6.07, 6.45) is 0.595. The standard InChI is InChI=1S/C22H25NO4/c1-4-13-22(2,20(24)26-3)23-21(25)27-14-19-17-11-7-5-9-15(17)16-10-6-8-12-18(16)19/h5-12,19H,4,13-14H2,1-3H3,(H,23,25). The number of fused-ring (bicyclic) bond motifs is 3. The number of rotatable bonds is 6. The van der Waals surface area contributed by atoms with Crippen LogP contribution in [0.1, 0.15) is 43.7 Å². The van der Waals surface area contributed by atoms with E-state index in [0.29, 0.717) is 6.42 Å². The second-order valence-corrected chi connectivity index (χ2v) is 7.02.